The topological polar surface area (TPSA) is 98.7 Å². The second-order valence-corrected chi connectivity index (χ2v) is 7.28. The highest BCUT2D eigenvalue weighted by atomic mass is 16.8. The van der Waals surface area contributed by atoms with Gasteiger partial charge in [-0.2, -0.15) is 5.06 Å². The second kappa shape index (κ2) is 6.61. The van der Waals surface area contributed by atoms with E-state index in [-0.39, 0.29) is 13.2 Å². The third kappa shape index (κ3) is 3.05. The number of benzene rings is 1. The number of nitrogens with zero attached hydrogens (tertiary/aromatic N) is 1. The quantitative estimate of drug-likeness (QED) is 0.796. The van der Waals surface area contributed by atoms with Gasteiger partial charge in [-0.3, -0.25) is 4.84 Å². The van der Waals surface area contributed by atoms with E-state index in [2.05, 4.69) is 5.32 Å². The van der Waals surface area contributed by atoms with Crippen LogP contribution < -0.4 is 10.1 Å². The highest BCUT2D eigenvalue weighted by Gasteiger charge is 2.69. The van der Waals surface area contributed by atoms with Crippen LogP contribution in [0.2, 0.25) is 0 Å². The molecular formula is C18H24N2O7. The molecule has 9 nitrogen and oxygen atoms in total. The summed E-state index contributed by atoms with van der Waals surface area (Å²) in [7, 11) is 1.59. The molecular weight excluding hydrogens is 356 g/mol. The summed E-state index contributed by atoms with van der Waals surface area (Å²) in [4.78, 5) is 18.4. The number of hydrogen-bond donors (Lipinski definition) is 2. The van der Waals surface area contributed by atoms with E-state index < -0.39 is 42.5 Å². The Morgan fingerprint density at radius 1 is 1.30 bits per heavy atom. The van der Waals surface area contributed by atoms with E-state index in [0.717, 1.165) is 16.4 Å². The third-order valence-electron chi connectivity index (χ3n) is 5.02. The number of fused-ring (bicyclic) bond motifs is 5. The Balaban J connectivity index is 1.48. The molecule has 3 aliphatic heterocycles. The Labute approximate surface area is 157 Å². The number of carbonyl (C=O) groups is 1. The van der Waals surface area contributed by atoms with E-state index >= 15 is 0 Å². The number of amides is 2. The normalized spacial score (nSPS) is 33.6. The number of hydroxylamine groups is 2. The summed E-state index contributed by atoms with van der Waals surface area (Å²) in [6.45, 7) is 3.53. The number of nitrogens with one attached hydrogen (secondary N) is 1. The molecule has 0 aromatic heterocycles. The van der Waals surface area contributed by atoms with Gasteiger partial charge in [0.1, 0.15) is 30.7 Å². The average molecular weight is 380 g/mol. The van der Waals surface area contributed by atoms with Gasteiger partial charge in [-0.1, -0.05) is 12.1 Å². The molecule has 3 aliphatic rings. The minimum atomic E-state index is -1.44. The first kappa shape index (κ1) is 18.5. The summed E-state index contributed by atoms with van der Waals surface area (Å²) in [6, 6.07) is 6.82. The number of rotatable bonds is 4. The van der Waals surface area contributed by atoms with Crippen LogP contribution in [0.1, 0.15) is 19.4 Å². The number of hydrogen-bond acceptors (Lipinski definition) is 7. The maximum Gasteiger partial charge on any atom is 0.344 e. The van der Waals surface area contributed by atoms with Crippen LogP contribution in [0, 0.1) is 0 Å². The predicted octanol–water partition coefficient (Wildman–Crippen LogP) is 0.759. The van der Waals surface area contributed by atoms with Crippen LogP contribution in [-0.2, 0) is 25.6 Å². The molecule has 1 aromatic carbocycles. The van der Waals surface area contributed by atoms with Crippen molar-refractivity contribution >= 4 is 6.03 Å². The lowest BCUT2D eigenvalue weighted by Gasteiger charge is -2.43. The van der Waals surface area contributed by atoms with Crippen molar-refractivity contribution in [2.75, 3.05) is 20.3 Å². The summed E-state index contributed by atoms with van der Waals surface area (Å²) < 4.78 is 22.9. The Morgan fingerprint density at radius 3 is 2.70 bits per heavy atom. The lowest BCUT2D eigenvalue weighted by Crippen LogP contribution is -2.64. The van der Waals surface area contributed by atoms with Gasteiger partial charge < -0.3 is 29.4 Å². The largest absolute Gasteiger partial charge is 0.497 e. The Morgan fingerprint density at radius 2 is 2.04 bits per heavy atom. The molecule has 3 fully saturated rings. The van der Waals surface area contributed by atoms with E-state index in [1.54, 1.807) is 21.0 Å². The van der Waals surface area contributed by atoms with Crippen LogP contribution in [0.4, 0.5) is 4.79 Å². The summed E-state index contributed by atoms with van der Waals surface area (Å²) in [5, 5.41) is 13.9. The zero-order valence-electron chi connectivity index (χ0n) is 15.5. The first-order valence-corrected chi connectivity index (χ1v) is 8.87. The molecule has 0 aliphatic carbocycles. The fourth-order valence-electron chi connectivity index (χ4n) is 3.77. The molecule has 2 N–H and O–H groups in total. The van der Waals surface area contributed by atoms with E-state index in [1.807, 2.05) is 24.3 Å². The summed E-state index contributed by atoms with van der Waals surface area (Å²) in [6.07, 6.45) is -1.46. The first-order chi connectivity index (χ1) is 12.9. The van der Waals surface area contributed by atoms with Crippen LogP contribution >= 0.6 is 0 Å². The van der Waals surface area contributed by atoms with Crippen molar-refractivity contribution in [3.63, 3.8) is 0 Å². The third-order valence-corrected chi connectivity index (χ3v) is 5.02. The summed E-state index contributed by atoms with van der Waals surface area (Å²) >= 11 is 0. The Bertz CT molecular complexity index is 710. The van der Waals surface area contributed by atoms with Crippen LogP contribution in [-0.4, -0.2) is 66.3 Å². The van der Waals surface area contributed by atoms with Gasteiger partial charge in [-0.15, -0.1) is 0 Å². The Hall–Kier alpha value is -1.91. The van der Waals surface area contributed by atoms with E-state index in [9.17, 15) is 9.90 Å². The van der Waals surface area contributed by atoms with E-state index in [1.165, 1.54) is 0 Å². The minimum Gasteiger partial charge on any atom is -0.497 e. The Kier molecular flexibility index (Phi) is 4.52. The summed E-state index contributed by atoms with van der Waals surface area (Å²) in [5.74, 6) is -0.0819. The van der Waals surface area contributed by atoms with E-state index in [0.29, 0.717) is 0 Å². The van der Waals surface area contributed by atoms with Crippen molar-refractivity contribution in [1.29, 1.82) is 0 Å². The van der Waals surface area contributed by atoms with Crippen LogP contribution in [0.25, 0.3) is 0 Å². The molecule has 1 aromatic rings. The van der Waals surface area contributed by atoms with E-state index in [4.69, 9.17) is 23.8 Å². The lowest BCUT2D eigenvalue weighted by atomic mass is 10.0. The van der Waals surface area contributed by atoms with Gasteiger partial charge in [0.25, 0.3) is 0 Å². The summed E-state index contributed by atoms with van der Waals surface area (Å²) in [5.41, 5.74) is -0.547. The molecule has 0 saturated carbocycles. The molecule has 0 unspecified atom stereocenters. The fraction of sp³-hybridized carbons (Fsp3) is 0.611. The smallest absolute Gasteiger partial charge is 0.344 e. The first-order valence-electron chi connectivity index (χ1n) is 8.87. The van der Waals surface area contributed by atoms with Gasteiger partial charge in [0.15, 0.2) is 5.79 Å². The van der Waals surface area contributed by atoms with Gasteiger partial charge in [0.2, 0.25) is 5.72 Å². The molecule has 4 atom stereocenters. The van der Waals surface area contributed by atoms with Crippen molar-refractivity contribution < 1.29 is 33.7 Å². The minimum absolute atomic E-state index is 0.137. The lowest BCUT2D eigenvalue weighted by molar-refractivity contribution is -0.361. The van der Waals surface area contributed by atoms with Gasteiger partial charge in [0, 0.05) is 6.54 Å². The van der Waals surface area contributed by atoms with Crippen molar-refractivity contribution in [3.05, 3.63) is 29.8 Å². The zero-order valence-corrected chi connectivity index (χ0v) is 15.5. The predicted molar refractivity (Wildman–Crippen MR) is 91.5 cm³/mol. The molecule has 3 heterocycles. The van der Waals surface area contributed by atoms with Crippen molar-refractivity contribution in [1.82, 2.24) is 10.4 Å². The van der Waals surface area contributed by atoms with Crippen molar-refractivity contribution in [2.24, 2.45) is 0 Å². The molecule has 9 heteroatoms. The number of aliphatic hydroxyl groups is 1. The standard InChI is InChI=1S/C18H24N2O7/c1-17(2)26-14-13-9-24-20(18(10-21,25-13)15(14)27-17)16(22)19-8-11-4-6-12(23-3)7-5-11/h4-7,13-15,21H,8-10H2,1-3H3,(H,19,22)/t13-,14+,15+,18+/m0/s1. The van der Waals surface area contributed by atoms with Gasteiger partial charge in [-0.05, 0) is 31.5 Å². The SMILES string of the molecule is COc1ccc(CNC(=O)N2OC[C@@H]3O[C@]2(CO)[C@@H]2OC(C)(C)O[C@H]32)cc1. The maximum absolute atomic E-state index is 12.8. The van der Waals surface area contributed by atoms with Crippen molar-refractivity contribution in [2.45, 2.75) is 50.2 Å². The highest BCUT2D eigenvalue weighted by molar-refractivity contribution is 5.74. The van der Waals surface area contributed by atoms with Gasteiger partial charge >= 0.3 is 6.03 Å². The molecule has 0 radical (unpaired) electrons. The highest BCUT2D eigenvalue weighted by Crippen LogP contribution is 2.48. The molecule has 27 heavy (non-hydrogen) atoms. The number of aliphatic hydroxyl groups excluding tert-OH is 1. The molecule has 0 spiro atoms. The number of ether oxygens (including phenoxy) is 4. The molecule has 148 valence electrons. The number of methoxy groups -OCH3 is 1. The number of carbonyl (C=O) groups excluding carboxylic acids is 1. The van der Waals surface area contributed by atoms with Crippen LogP contribution in [0.3, 0.4) is 0 Å². The molecule has 2 bridgehead atoms. The van der Waals surface area contributed by atoms with Crippen LogP contribution in [0.15, 0.2) is 24.3 Å². The van der Waals surface area contributed by atoms with Crippen LogP contribution in [0.5, 0.6) is 5.75 Å². The monoisotopic (exact) mass is 380 g/mol. The average Bonchev–Trinajstić information content (AvgIpc) is 3.11. The zero-order chi connectivity index (χ0) is 19.2. The molecule has 4 rings (SSSR count). The fourth-order valence-corrected chi connectivity index (χ4v) is 3.77. The molecule has 3 saturated heterocycles. The second-order valence-electron chi connectivity index (χ2n) is 7.28. The maximum atomic E-state index is 12.8. The molecule has 2 amide bonds. The number of urea groups is 1. The van der Waals surface area contributed by atoms with Gasteiger partial charge in [-0.25, -0.2) is 4.79 Å². The van der Waals surface area contributed by atoms with Crippen molar-refractivity contribution in [3.8, 4) is 5.75 Å². The van der Waals surface area contributed by atoms with Gasteiger partial charge in [0.05, 0.1) is 13.7 Å².